The molecule has 0 aliphatic carbocycles. The van der Waals surface area contributed by atoms with Crippen molar-refractivity contribution < 1.29 is 18.0 Å². The maximum atomic E-state index is 13.2. The molecule has 2 aliphatic heterocycles. The van der Waals surface area contributed by atoms with Gasteiger partial charge in [-0.2, -0.15) is 13.2 Å². The number of amides is 1. The van der Waals surface area contributed by atoms with E-state index in [4.69, 9.17) is 0 Å². The Morgan fingerprint density at radius 2 is 1.81 bits per heavy atom. The first-order valence-electron chi connectivity index (χ1n) is 10.3. The summed E-state index contributed by atoms with van der Waals surface area (Å²) in [6.45, 7) is 1.39. The quantitative estimate of drug-likeness (QED) is 0.611. The van der Waals surface area contributed by atoms with Crippen LogP contribution in [0.1, 0.15) is 34.0 Å². The molecule has 2 atom stereocenters. The SMILES string of the molecule is O=C(c1cncnc1)N1C[C@@H]2C[C@H](C1)c1ccc(-c3cccc(C(F)(F)F)c3)c(=O)n1C2. The van der Waals surface area contributed by atoms with Crippen LogP contribution in [0.5, 0.6) is 0 Å². The molecule has 0 spiro atoms. The van der Waals surface area contributed by atoms with Gasteiger partial charge in [0, 0.05) is 49.2 Å². The Balaban J connectivity index is 1.47. The first-order valence-corrected chi connectivity index (χ1v) is 10.3. The number of piperidine rings is 1. The van der Waals surface area contributed by atoms with Crippen molar-refractivity contribution in [3.8, 4) is 11.1 Å². The third kappa shape index (κ3) is 3.57. The predicted octanol–water partition coefficient (Wildman–Crippen LogP) is 3.58. The summed E-state index contributed by atoms with van der Waals surface area (Å²) in [7, 11) is 0. The molecule has 1 fully saturated rings. The summed E-state index contributed by atoms with van der Waals surface area (Å²) >= 11 is 0. The van der Waals surface area contributed by atoms with Crippen molar-refractivity contribution in [3.05, 3.63) is 82.3 Å². The fourth-order valence-corrected chi connectivity index (χ4v) is 4.79. The van der Waals surface area contributed by atoms with E-state index in [-0.39, 0.29) is 34.4 Å². The van der Waals surface area contributed by atoms with Gasteiger partial charge in [0.05, 0.1) is 11.1 Å². The van der Waals surface area contributed by atoms with E-state index < -0.39 is 11.7 Å². The van der Waals surface area contributed by atoms with Crippen LogP contribution in [0, 0.1) is 5.92 Å². The Morgan fingerprint density at radius 3 is 2.56 bits per heavy atom. The average Bonchev–Trinajstić information content (AvgIpc) is 2.79. The van der Waals surface area contributed by atoms with Crippen molar-refractivity contribution in [3.63, 3.8) is 0 Å². The Kier molecular flexibility index (Phi) is 4.83. The molecule has 2 aromatic heterocycles. The van der Waals surface area contributed by atoms with Crippen LogP contribution in [0.15, 0.2) is 59.9 Å². The molecule has 1 amide bonds. The lowest BCUT2D eigenvalue weighted by atomic mass is 9.82. The van der Waals surface area contributed by atoms with Gasteiger partial charge in [-0.25, -0.2) is 9.97 Å². The van der Waals surface area contributed by atoms with Crippen molar-refractivity contribution in [2.75, 3.05) is 13.1 Å². The fourth-order valence-electron chi connectivity index (χ4n) is 4.79. The molecule has 5 rings (SSSR count). The predicted molar refractivity (Wildman–Crippen MR) is 110 cm³/mol. The number of alkyl halides is 3. The average molecular weight is 440 g/mol. The third-order valence-corrected chi connectivity index (χ3v) is 6.20. The minimum Gasteiger partial charge on any atom is -0.338 e. The van der Waals surface area contributed by atoms with Crippen molar-refractivity contribution in [2.45, 2.75) is 25.1 Å². The van der Waals surface area contributed by atoms with Crippen molar-refractivity contribution in [1.82, 2.24) is 19.4 Å². The minimum absolute atomic E-state index is 0.0145. The number of carbonyl (C=O) groups is 1. The maximum Gasteiger partial charge on any atom is 0.416 e. The summed E-state index contributed by atoms with van der Waals surface area (Å²) in [5.41, 5.74) is 0.639. The van der Waals surface area contributed by atoms with Gasteiger partial charge in [0.25, 0.3) is 11.5 Å². The van der Waals surface area contributed by atoms with E-state index in [1.807, 2.05) is 0 Å². The van der Waals surface area contributed by atoms with Gasteiger partial charge in [0.2, 0.25) is 0 Å². The van der Waals surface area contributed by atoms with Gasteiger partial charge in [0.1, 0.15) is 6.33 Å². The van der Waals surface area contributed by atoms with Gasteiger partial charge >= 0.3 is 6.18 Å². The van der Waals surface area contributed by atoms with Crippen LogP contribution in [-0.2, 0) is 12.7 Å². The molecule has 6 nitrogen and oxygen atoms in total. The van der Waals surface area contributed by atoms with Crippen LogP contribution in [0.3, 0.4) is 0 Å². The van der Waals surface area contributed by atoms with E-state index in [0.717, 1.165) is 24.2 Å². The molecule has 0 radical (unpaired) electrons. The van der Waals surface area contributed by atoms with Gasteiger partial charge in [-0.3, -0.25) is 9.59 Å². The molecule has 9 heteroatoms. The molecule has 32 heavy (non-hydrogen) atoms. The molecule has 3 aromatic rings. The molecule has 164 valence electrons. The summed E-state index contributed by atoms with van der Waals surface area (Å²) in [4.78, 5) is 35.7. The van der Waals surface area contributed by atoms with Gasteiger partial charge in [0.15, 0.2) is 0 Å². The van der Waals surface area contributed by atoms with E-state index in [9.17, 15) is 22.8 Å². The number of aromatic nitrogens is 3. The zero-order valence-electron chi connectivity index (χ0n) is 16.9. The second-order valence-corrected chi connectivity index (χ2v) is 8.30. The van der Waals surface area contributed by atoms with Crippen LogP contribution in [-0.4, -0.2) is 38.4 Å². The zero-order chi connectivity index (χ0) is 22.5. The van der Waals surface area contributed by atoms with Gasteiger partial charge < -0.3 is 9.47 Å². The topological polar surface area (TPSA) is 68.1 Å². The molecule has 1 aromatic carbocycles. The van der Waals surface area contributed by atoms with Crippen molar-refractivity contribution in [1.29, 1.82) is 0 Å². The van der Waals surface area contributed by atoms with E-state index in [2.05, 4.69) is 9.97 Å². The monoisotopic (exact) mass is 440 g/mol. The maximum absolute atomic E-state index is 13.2. The molecule has 0 unspecified atom stereocenters. The molecule has 2 aliphatic rings. The fraction of sp³-hybridized carbons (Fsp3) is 0.304. The molecule has 0 saturated carbocycles. The normalized spacial score (nSPS) is 20.0. The molecule has 2 bridgehead atoms. The highest BCUT2D eigenvalue weighted by atomic mass is 19.4. The van der Waals surface area contributed by atoms with Crippen LogP contribution >= 0.6 is 0 Å². The van der Waals surface area contributed by atoms with Gasteiger partial charge in [-0.1, -0.05) is 12.1 Å². The summed E-state index contributed by atoms with van der Waals surface area (Å²) < 4.78 is 41.0. The molecular formula is C23H19F3N4O2. The lowest BCUT2D eigenvalue weighted by molar-refractivity contribution is -0.137. The number of likely N-dealkylation sites (tertiary alicyclic amines) is 1. The highest BCUT2D eigenvalue weighted by molar-refractivity contribution is 5.93. The van der Waals surface area contributed by atoms with Crippen LogP contribution < -0.4 is 5.56 Å². The Morgan fingerprint density at radius 1 is 1.03 bits per heavy atom. The van der Waals surface area contributed by atoms with E-state index in [1.165, 1.54) is 30.9 Å². The number of halogens is 3. The second-order valence-electron chi connectivity index (χ2n) is 8.30. The first-order chi connectivity index (χ1) is 15.3. The number of nitrogens with zero attached hydrogens (tertiary/aromatic N) is 4. The number of hydrogen-bond donors (Lipinski definition) is 0. The Hall–Kier alpha value is -3.49. The van der Waals surface area contributed by atoms with Crippen LogP contribution in [0.25, 0.3) is 11.1 Å². The van der Waals surface area contributed by atoms with E-state index in [0.29, 0.717) is 25.2 Å². The molecule has 1 saturated heterocycles. The van der Waals surface area contributed by atoms with Crippen LogP contribution in [0.2, 0.25) is 0 Å². The smallest absolute Gasteiger partial charge is 0.338 e. The summed E-state index contributed by atoms with van der Waals surface area (Å²) in [5, 5.41) is 0. The highest BCUT2D eigenvalue weighted by Gasteiger charge is 2.37. The Bertz CT molecular complexity index is 1240. The molecular weight excluding hydrogens is 421 g/mol. The minimum atomic E-state index is -4.47. The number of hydrogen-bond acceptors (Lipinski definition) is 4. The lowest BCUT2D eigenvalue weighted by Crippen LogP contribution is -2.49. The molecule has 4 heterocycles. The van der Waals surface area contributed by atoms with Crippen molar-refractivity contribution in [2.24, 2.45) is 5.92 Å². The zero-order valence-corrected chi connectivity index (χ0v) is 16.9. The molecule has 0 N–H and O–H groups in total. The summed E-state index contributed by atoms with van der Waals surface area (Å²) in [5.74, 6) is -0.0692. The van der Waals surface area contributed by atoms with Gasteiger partial charge in [-0.15, -0.1) is 0 Å². The number of benzene rings is 1. The van der Waals surface area contributed by atoms with Crippen LogP contribution in [0.4, 0.5) is 13.2 Å². The van der Waals surface area contributed by atoms with Crippen molar-refractivity contribution >= 4 is 5.91 Å². The standard InChI is InChI=1S/C23H19F3N4O2/c24-23(25,26)18-3-1-2-15(7-18)19-4-5-20-16-6-14(11-30(20)22(19)32)10-29(12-16)21(31)17-8-27-13-28-9-17/h1-5,7-9,13-14,16H,6,10-12H2/t14-,16+/m0/s1. The first kappa shape index (κ1) is 20.4. The van der Waals surface area contributed by atoms with E-state index in [1.54, 1.807) is 21.6 Å². The summed E-state index contributed by atoms with van der Waals surface area (Å²) in [6.07, 6.45) is 0.722. The lowest BCUT2D eigenvalue weighted by Gasteiger charge is -2.42. The highest BCUT2D eigenvalue weighted by Crippen LogP contribution is 2.37. The third-order valence-electron chi connectivity index (χ3n) is 6.20. The number of pyridine rings is 1. The van der Waals surface area contributed by atoms with E-state index >= 15 is 0 Å². The second kappa shape index (κ2) is 7.58. The summed E-state index contributed by atoms with van der Waals surface area (Å²) in [6, 6.07) is 8.23. The number of fused-ring (bicyclic) bond motifs is 4. The Labute approximate surface area is 181 Å². The number of rotatable bonds is 2. The van der Waals surface area contributed by atoms with Gasteiger partial charge in [-0.05, 0) is 42.2 Å². The number of carbonyl (C=O) groups excluding carboxylic acids is 1. The largest absolute Gasteiger partial charge is 0.416 e.